The minimum absolute atomic E-state index is 0.154. The van der Waals surface area contributed by atoms with Crippen LogP contribution in [0, 0.1) is 5.82 Å². The third kappa shape index (κ3) is 4.06. The van der Waals surface area contributed by atoms with E-state index in [-0.39, 0.29) is 18.9 Å². The smallest absolute Gasteiger partial charge is 0.236 e. The van der Waals surface area contributed by atoms with Crippen molar-refractivity contribution in [1.82, 2.24) is 10.3 Å². The van der Waals surface area contributed by atoms with Gasteiger partial charge in [-0.2, -0.15) is 0 Å². The fraction of sp³-hybridized carbons (Fsp3) is 0.176. The van der Waals surface area contributed by atoms with Crippen molar-refractivity contribution in [1.29, 1.82) is 0 Å². The van der Waals surface area contributed by atoms with Crippen molar-refractivity contribution in [3.8, 4) is 10.8 Å². The first-order chi connectivity index (χ1) is 11.6. The van der Waals surface area contributed by atoms with Crippen molar-refractivity contribution in [2.24, 2.45) is 0 Å². The highest BCUT2D eigenvalue weighted by Gasteiger charge is 2.14. The summed E-state index contributed by atoms with van der Waals surface area (Å²) in [7, 11) is 0. The number of hydrogen-bond donors (Lipinski definition) is 2. The summed E-state index contributed by atoms with van der Waals surface area (Å²) in [5, 5.41) is 14.6. The number of carbonyl (C=O) groups is 1. The van der Waals surface area contributed by atoms with Crippen molar-refractivity contribution in [3.63, 3.8) is 0 Å². The largest absolute Gasteiger partial charge is 0.443 e. The molecule has 7 heteroatoms. The fourth-order valence-corrected chi connectivity index (χ4v) is 2.83. The number of aromatic nitrogens is 1. The Morgan fingerprint density at radius 2 is 2.25 bits per heavy atom. The van der Waals surface area contributed by atoms with Crippen LogP contribution in [0.25, 0.3) is 10.8 Å². The summed E-state index contributed by atoms with van der Waals surface area (Å²) in [6.45, 7) is 0.198. The summed E-state index contributed by atoms with van der Waals surface area (Å²) in [6, 6.07) is 9.36. The van der Waals surface area contributed by atoms with Gasteiger partial charge in [0.2, 0.25) is 11.8 Å². The average molecular weight is 346 g/mol. The molecule has 24 heavy (non-hydrogen) atoms. The van der Waals surface area contributed by atoms with E-state index < -0.39 is 11.9 Å². The molecule has 1 unspecified atom stereocenters. The number of rotatable bonds is 6. The number of aliphatic hydroxyl groups excluding tert-OH is 1. The molecule has 2 heterocycles. The Labute approximate surface area is 141 Å². The standard InChI is InChI=1S/C17H15FN2O3S/c18-12-4-1-3-11(7-12)14(21)8-16(22)19-9-13-10-23-17(20-13)15-5-2-6-24-15/h1-7,10,14,21H,8-9H2,(H,19,22). The Kier molecular flexibility index (Phi) is 5.02. The average Bonchev–Trinajstić information content (AvgIpc) is 3.24. The molecular weight excluding hydrogens is 331 g/mol. The summed E-state index contributed by atoms with van der Waals surface area (Å²) in [4.78, 5) is 17.1. The number of carbonyl (C=O) groups excluding carboxylic acids is 1. The molecule has 0 spiro atoms. The predicted octanol–water partition coefficient (Wildman–Crippen LogP) is 3.28. The topological polar surface area (TPSA) is 75.4 Å². The molecule has 2 N–H and O–H groups in total. The van der Waals surface area contributed by atoms with E-state index in [2.05, 4.69) is 10.3 Å². The summed E-state index contributed by atoms with van der Waals surface area (Å²) in [5.74, 6) is -0.294. The molecule has 2 aromatic heterocycles. The van der Waals surface area contributed by atoms with Gasteiger partial charge in [-0.15, -0.1) is 11.3 Å². The molecule has 1 aromatic carbocycles. The molecule has 3 aromatic rings. The quantitative estimate of drug-likeness (QED) is 0.718. The van der Waals surface area contributed by atoms with Crippen LogP contribution in [-0.4, -0.2) is 16.0 Å². The van der Waals surface area contributed by atoms with Crippen LogP contribution in [0.1, 0.15) is 23.8 Å². The molecule has 124 valence electrons. The zero-order valence-corrected chi connectivity index (χ0v) is 13.4. The van der Waals surface area contributed by atoms with Gasteiger partial charge in [0.1, 0.15) is 12.1 Å². The Morgan fingerprint density at radius 1 is 1.38 bits per heavy atom. The predicted molar refractivity (Wildman–Crippen MR) is 87.6 cm³/mol. The first-order valence-electron chi connectivity index (χ1n) is 7.30. The van der Waals surface area contributed by atoms with E-state index in [4.69, 9.17) is 4.42 Å². The number of aliphatic hydroxyl groups is 1. The van der Waals surface area contributed by atoms with Crippen molar-refractivity contribution >= 4 is 17.2 Å². The molecule has 1 amide bonds. The lowest BCUT2D eigenvalue weighted by atomic mass is 10.1. The summed E-state index contributed by atoms with van der Waals surface area (Å²) in [5.41, 5.74) is 0.957. The normalized spacial score (nSPS) is 12.1. The summed E-state index contributed by atoms with van der Waals surface area (Å²) >= 11 is 1.51. The maximum Gasteiger partial charge on any atom is 0.236 e. The van der Waals surface area contributed by atoms with Crippen LogP contribution >= 0.6 is 11.3 Å². The number of nitrogens with zero attached hydrogens (tertiary/aromatic N) is 1. The third-order valence-electron chi connectivity index (χ3n) is 3.36. The van der Waals surface area contributed by atoms with Gasteiger partial charge in [-0.3, -0.25) is 4.79 Å². The number of thiophene rings is 1. The number of oxazole rings is 1. The Balaban J connectivity index is 1.52. The second-order valence-electron chi connectivity index (χ2n) is 5.17. The zero-order chi connectivity index (χ0) is 16.9. The van der Waals surface area contributed by atoms with Gasteiger partial charge in [0.25, 0.3) is 0 Å². The SMILES string of the molecule is O=C(CC(O)c1cccc(F)c1)NCc1coc(-c2cccs2)n1. The van der Waals surface area contributed by atoms with E-state index in [1.807, 2.05) is 17.5 Å². The van der Waals surface area contributed by atoms with Gasteiger partial charge >= 0.3 is 0 Å². The van der Waals surface area contributed by atoms with Gasteiger partial charge in [0.05, 0.1) is 29.6 Å². The van der Waals surface area contributed by atoms with E-state index in [0.717, 1.165) is 4.88 Å². The maximum absolute atomic E-state index is 13.1. The molecule has 0 radical (unpaired) electrons. The van der Waals surface area contributed by atoms with Gasteiger partial charge in [-0.1, -0.05) is 18.2 Å². The Hall–Kier alpha value is -2.51. The number of nitrogens with one attached hydrogen (secondary N) is 1. The van der Waals surface area contributed by atoms with E-state index >= 15 is 0 Å². The summed E-state index contributed by atoms with van der Waals surface area (Å²) < 4.78 is 18.5. The Morgan fingerprint density at radius 3 is 3.00 bits per heavy atom. The molecule has 0 aliphatic heterocycles. The molecule has 0 aliphatic rings. The second-order valence-corrected chi connectivity index (χ2v) is 6.12. The summed E-state index contributed by atoms with van der Waals surface area (Å²) in [6.07, 6.45) is 0.275. The highest BCUT2D eigenvalue weighted by Crippen LogP contribution is 2.23. The van der Waals surface area contributed by atoms with E-state index in [1.165, 1.54) is 35.8 Å². The number of amides is 1. The van der Waals surface area contributed by atoms with E-state index in [9.17, 15) is 14.3 Å². The van der Waals surface area contributed by atoms with Crippen LogP contribution in [0.2, 0.25) is 0 Å². The van der Waals surface area contributed by atoms with Crippen molar-refractivity contribution in [2.75, 3.05) is 0 Å². The third-order valence-corrected chi connectivity index (χ3v) is 4.22. The molecule has 0 saturated carbocycles. The first kappa shape index (κ1) is 16.4. The van der Waals surface area contributed by atoms with Crippen LogP contribution in [0.3, 0.4) is 0 Å². The lowest BCUT2D eigenvalue weighted by molar-refractivity contribution is -0.123. The zero-order valence-electron chi connectivity index (χ0n) is 12.6. The number of halogens is 1. The maximum atomic E-state index is 13.1. The molecule has 1 atom stereocenters. The van der Waals surface area contributed by atoms with Gasteiger partial charge in [0.15, 0.2) is 0 Å². The van der Waals surface area contributed by atoms with Gasteiger partial charge in [-0.25, -0.2) is 9.37 Å². The van der Waals surface area contributed by atoms with Gasteiger partial charge in [0, 0.05) is 0 Å². The minimum Gasteiger partial charge on any atom is -0.443 e. The monoisotopic (exact) mass is 346 g/mol. The molecule has 0 fully saturated rings. The fourth-order valence-electron chi connectivity index (χ4n) is 2.17. The molecule has 5 nitrogen and oxygen atoms in total. The minimum atomic E-state index is -1.06. The first-order valence-corrected chi connectivity index (χ1v) is 8.18. The highest BCUT2D eigenvalue weighted by atomic mass is 32.1. The van der Waals surface area contributed by atoms with E-state index in [0.29, 0.717) is 17.1 Å². The number of hydrogen-bond acceptors (Lipinski definition) is 5. The lowest BCUT2D eigenvalue weighted by Crippen LogP contribution is -2.24. The van der Waals surface area contributed by atoms with Crippen molar-refractivity contribution < 1.29 is 18.7 Å². The molecular formula is C17H15FN2O3S. The molecule has 0 aliphatic carbocycles. The van der Waals surface area contributed by atoms with Crippen LogP contribution in [0.15, 0.2) is 52.5 Å². The molecule has 3 rings (SSSR count). The van der Waals surface area contributed by atoms with Gasteiger partial charge in [-0.05, 0) is 29.1 Å². The van der Waals surface area contributed by atoms with Crippen LogP contribution < -0.4 is 5.32 Å². The highest BCUT2D eigenvalue weighted by molar-refractivity contribution is 7.13. The van der Waals surface area contributed by atoms with E-state index in [1.54, 1.807) is 6.07 Å². The van der Waals surface area contributed by atoms with Gasteiger partial charge < -0.3 is 14.8 Å². The van der Waals surface area contributed by atoms with Crippen molar-refractivity contribution in [2.45, 2.75) is 19.1 Å². The van der Waals surface area contributed by atoms with Crippen LogP contribution in [0.5, 0.6) is 0 Å². The molecule has 0 bridgehead atoms. The van der Waals surface area contributed by atoms with Crippen LogP contribution in [0.4, 0.5) is 4.39 Å². The lowest BCUT2D eigenvalue weighted by Gasteiger charge is -2.10. The second kappa shape index (κ2) is 7.37. The molecule has 0 saturated heterocycles. The van der Waals surface area contributed by atoms with Crippen molar-refractivity contribution in [3.05, 3.63) is 65.1 Å². The Bertz CT molecular complexity index is 817. The number of benzene rings is 1. The van der Waals surface area contributed by atoms with Crippen LogP contribution in [-0.2, 0) is 11.3 Å².